The number of carbonyl (C=O) groups excluding carboxylic acids is 3. The second-order valence-corrected chi connectivity index (χ2v) is 6.43. The summed E-state index contributed by atoms with van der Waals surface area (Å²) >= 11 is 0. The number of carbonyl (C=O) groups is 3. The first kappa shape index (κ1) is 18.7. The third-order valence-electron chi connectivity index (χ3n) is 4.54. The van der Waals surface area contributed by atoms with Gasteiger partial charge in [-0.05, 0) is 48.9 Å². The van der Waals surface area contributed by atoms with Crippen LogP contribution in [0.4, 0.5) is 5.69 Å². The number of benzene rings is 2. The molecular weight excluding hydrogens is 376 g/mol. The van der Waals surface area contributed by atoms with E-state index in [4.69, 9.17) is 14.2 Å². The van der Waals surface area contributed by atoms with Crippen LogP contribution >= 0.6 is 0 Å². The maximum absolute atomic E-state index is 12.7. The molecule has 0 aromatic heterocycles. The number of anilines is 1. The van der Waals surface area contributed by atoms with Crippen LogP contribution in [0.2, 0.25) is 0 Å². The topological polar surface area (TPSA) is 94.5 Å². The summed E-state index contributed by atoms with van der Waals surface area (Å²) in [5.41, 5.74) is 1.79. The van der Waals surface area contributed by atoms with E-state index < -0.39 is 11.9 Å². The van der Waals surface area contributed by atoms with Crippen LogP contribution in [0.15, 0.2) is 47.5 Å². The molecule has 148 valence electrons. The van der Waals surface area contributed by atoms with E-state index in [0.717, 1.165) is 10.5 Å². The Kier molecular flexibility index (Phi) is 4.99. The second-order valence-electron chi connectivity index (χ2n) is 6.43. The highest BCUT2D eigenvalue weighted by atomic mass is 16.7. The van der Waals surface area contributed by atoms with E-state index in [1.165, 1.54) is 12.1 Å². The van der Waals surface area contributed by atoms with Crippen molar-refractivity contribution in [3.63, 3.8) is 0 Å². The first-order valence-corrected chi connectivity index (χ1v) is 9.13. The Morgan fingerprint density at radius 1 is 1.10 bits per heavy atom. The van der Waals surface area contributed by atoms with Gasteiger partial charge in [0.05, 0.1) is 30.8 Å². The molecule has 0 bridgehead atoms. The Balaban J connectivity index is 1.48. The zero-order valence-corrected chi connectivity index (χ0v) is 15.7. The maximum Gasteiger partial charge on any atom is 0.338 e. The smallest absolute Gasteiger partial charge is 0.338 e. The molecule has 0 aliphatic carbocycles. The fourth-order valence-corrected chi connectivity index (χ4v) is 3.11. The molecule has 1 fully saturated rings. The van der Waals surface area contributed by atoms with Crippen molar-refractivity contribution in [3.8, 4) is 11.5 Å². The normalized spacial score (nSPS) is 16.6. The van der Waals surface area contributed by atoms with Crippen LogP contribution < -0.4 is 14.4 Å². The number of hydrogen-bond acceptors (Lipinski definition) is 7. The van der Waals surface area contributed by atoms with Crippen molar-refractivity contribution in [2.24, 2.45) is 4.99 Å². The Bertz CT molecular complexity index is 1010. The Morgan fingerprint density at radius 3 is 2.62 bits per heavy atom. The van der Waals surface area contributed by atoms with Crippen LogP contribution in [-0.2, 0) is 20.9 Å². The highest BCUT2D eigenvalue weighted by Gasteiger charge is 2.36. The molecule has 4 rings (SSSR count). The van der Waals surface area contributed by atoms with Crippen molar-refractivity contribution >= 4 is 29.2 Å². The third-order valence-corrected chi connectivity index (χ3v) is 4.54. The molecule has 2 aromatic carbocycles. The zero-order chi connectivity index (χ0) is 20.4. The van der Waals surface area contributed by atoms with E-state index in [1.807, 2.05) is 6.07 Å². The summed E-state index contributed by atoms with van der Waals surface area (Å²) in [5, 5.41) is 0. The molecule has 29 heavy (non-hydrogen) atoms. The van der Waals surface area contributed by atoms with E-state index in [9.17, 15) is 14.4 Å². The minimum absolute atomic E-state index is 0.0665. The van der Waals surface area contributed by atoms with Gasteiger partial charge in [-0.1, -0.05) is 6.07 Å². The summed E-state index contributed by atoms with van der Waals surface area (Å²) in [6.45, 7) is 2.43. The van der Waals surface area contributed by atoms with Gasteiger partial charge < -0.3 is 14.2 Å². The van der Waals surface area contributed by atoms with Gasteiger partial charge in [0.1, 0.15) is 5.71 Å². The molecule has 2 aliphatic heterocycles. The predicted molar refractivity (Wildman–Crippen MR) is 103 cm³/mol. The zero-order valence-electron chi connectivity index (χ0n) is 15.7. The molecule has 0 N–H and O–H groups in total. The lowest BCUT2D eigenvalue weighted by molar-refractivity contribution is -0.120. The number of aliphatic imine (C=N–C) groups is 1. The molecule has 1 saturated heterocycles. The number of rotatable bonds is 5. The quantitative estimate of drug-likeness (QED) is 0.571. The van der Waals surface area contributed by atoms with Gasteiger partial charge >= 0.3 is 5.97 Å². The molecule has 2 aliphatic rings. The number of amides is 2. The summed E-state index contributed by atoms with van der Waals surface area (Å²) < 4.78 is 15.5. The number of imide groups is 1. The van der Waals surface area contributed by atoms with Crippen LogP contribution in [0.5, 0.6) is 11.5 Å². The first-order valence-electron chi connectivity index (χ1n) is 9.13. The molecular formula is C21H18N2O6. The van der Waals surface area contributed by atoms with Gasteiger partial charge in [-0.15, -0.1) is 0 Å². The molecule has 2 heterocycles. The highest BCUT2D eigenvalue weighted by molar-refractivity contribution is 6.56. The van der Waals surface area contributed by atoms with E-state index >= 15 is 0 Å². The lowest BCUT2D eigenvalue weighted by atomic mass is 10.2. The summed E-state index contributed by atoms with van der Waals surface area (Å²) in [5.74, 6) is 0.0397. The molecule has 8 nitrogen and oxygen atoms in total. The Labute approximate surface area is 166 Å². The molecule has 0 unspecified atom stereocenters. The van der Waals surface area contributed by atoms with E-state index in [2.05, 4.69) is 4.99 Å². The van der Waals surface area contributed by atoms with Gasteiger partial charge in [0.15, 0.2) is 11.5 Å². The molecule has 2 aromatic rings. The number of esters is 1. The maximum atomic E-state index is 12.7. The van der Waals surface area contributed by atoms with Crippen LogP contribution in [0, 0.1) is 0 Å². The van der Waals surface area contributed by atoms with Crippen molar-refractivity contribution in [3.05, 3.63) is 53.6 Å². The largest absolute Gasteiger partial charge is 0.462 e. The third kappa shape index (κ3) is 3.69. The minimum atomic E-state index is -0.459. The van der Waals surface area contributed by atoms with E-state index in [0.29, 0.717) is 22.7 Å². The number of hydrogen-bond donors (Lipinski definition) is 0. The molecule has 0 spiro atoms. The van der Waals surface area contributed by atoms with Crippen LogP contribution in [0.25, 0.3) is 0 Å². The highest BCUT2D eigenvalue weighted by Crippen LogP contribution is 2.32. The number of ether oxygens (including phenoxy) is 3. The fourth-order valence-electron chi connectivity index (χ4n) is 3.11. The SMILES string of the molecule is CCOC(=O)c1ccc(N2C(=O)CC(=NCc3ccc4c(c3)OCO4)C2=O)cc1. The standard InChI is InChI=1S/C21H18N2O6/c1-2-27-21(26)14-4-6-15(7-5-14)23-19(24)10-16(20(23)25)22-11-13-3-8-17-18(9-13)29-12-28-17/h3-9H,2,10-12H2,1H3. The van der Waals surface area contributed by atoms with Gasteiger partial charge in [0, 0.05) is 0 Å². The van der Waals surface area contributed by atoms with Gasteiger partial charge in [0.25, 0.3) is 5.91 Å². The van der Waals surface area contributed by atoms with Crippen LogP contribution in [0.3, 0.4) is 0 Å². The summed E-state index contributed by atoms with van der Waals surface area (Å²) in [4.78, 5) is 42.2. The van der Waals surface area contributed by atoms with Gasteiger partial charge in [-0.3, -0.25) is 14.6 Å². The average molecular weight is 394 g/mol. The summed E-state index contributed by atoms with van der Waals surface area (Å²) in [6, 6.07) is 11.6. The molecule has 2 amide bonds. The van der Waals surface area contributed by atoms with Gasteiger partial charge in [-0.25, -0.2) is 9.69 Å². The monoisotopic (exact) mass is 394 g/mol. The molecule has 0 saturated carbocycles. The van der Waals surface area contributed by atoms with Crippen LogP contribution in [0.1, 0.15) is 29.3 Å². The second kappa shape index (κ2) is 7.75. The lowest BCUT2D eigenvalue weighted by Crippen LogP contribution is -2.30. The van der Waals surface area contributed by atoms with Gasteiger partial charge in [0.2, 0.25) is 12.7 Å². The number of nitrogens with zero attached hydrogens (tertiary/aromatic N) is 2. The first-order chi connectivity index (χ1) is 14.1. The van der Waals surface area contributed by atoms with E-state index in [1.54, 1.807) is 31.2 Å². The summed E-state index contributed by atoms with van der Waals surface area (Å²) in [6.07, 6.45) is -0.0665. The van der Waals surface area contributed by atoms with E-state index in [-0.39, 0.29) is 38.0 Å². The van der Waals surface area contributed by atoms with Crippen molar-refractivity contribution in [2.45, 2.75) is 19.9 Å². The van der Waals surface area contributed by atoms with Crippen molar-refractivity contribution in [1.82, 2.24) is 0 Å². The minimum Gasteiger partial charge on any atom is -0.462 e. The van der Waals surface area contributed by atoms with Gasteiger partial charge in [-0.2, -0.15) is 0 Å². The predicted octanol–water partition coefficient (Wildman–Crippen LogP) is 2.50. The summed E-state index contributed by atoms with van der Waals surface area (Å²) in [7, 11) is 0. The van der Waals surface area contributed by atoms with Crippen molar-refractivity contribution in [2.75, 3.05) is 18.3 Å². The fraction of sp³-hybridized carbons (Fsp3) is 0.238. The molecule has 8 heteroatoms. The lowest BCUT2D eigenvalue weighted by Gasteiger charge is -2.13. The average Bonchev–Trinajstić information content (AvgIpc) is 3.30. The van der Waals surface area contributed by atoms with Crippen molar-refractivity contribution < 1.29 is 28.6 Å². The van der Waals surface area contributed by atoms with Crippen LogP contribution in [-0.4, -0.2) is 36.9 Å². The molecule has 0 atom stereocenters. The Morgan fingerprint density at radius 2 is 1.86 bits per heavy atom. The van der Waals surface area contributed by atoms with Crippen molar-refractivity contribution in [1.29, 1.82) is 0 Å². The number of fused-ring (bicyclic) bond motifs is 1. The molecule has 0 radical (unpaired) electrons. The Hall–Kier alpha value is -3.68.